The molecule has 1 fully saturated rings. The molecular formula is C17H23N. The number of nitrogens with zero attached hydrogens (tertiary/aromatic N) is 1. The first-order valence-electron chi connectivity index (χ1n) is 7.12. The van der Waals surface area contributed by atoms with E-state index < -0.39 is 0 Å². The van der Waals surface area contributed by atoms with E-state index >= 15 is 0 Å². The Hall–Kier alpha value is -1.24. The molecule has 1 nitrogen and oxygen atoms in total. The van der Waals surface area contributed by atoms with Crippen LogP contribution in [0.4, 0.5) is 5.69 Å². The number of benzene rings is 1. The molecule has 1 saturated carbocycles. The molecule has 3 rings (SSSR count). The Kier molecular flexibility index (Phi) is 2.73. The van der Waals surface area contributed by atoms with Crippen LogP contribution in [-0.4, -0.2) is 6.04 Å². The Labute approximate surface area is 111 Å². The summed E-state index contributed by atoms with van der Waals surface area (Å²) in [5.41, 5.74) is 5.47. The first kappa shape index (κ1) is 11.8. The number of hydrogen-bond acceptors (Lipinski definition) is 1. The molecule has 0 aromatic heterocycles. The summed E-state index contributed by atoms with van der Waals surface area (Å²) in [6.45, 7) is 11.0. The molecule has 1 aromatic carbocycles. The van der Waals surface area contributed by atoms with E-state index in [0.717, 1.165) is 11.8 Å². The van der Waals surface area contributed by atoms with Crippen molar-refractivity contribution in [1.29, 1.82) is 0 Å². The molecule has 1 aliphatic carbocycles. The van der Waals surface area contributed by atoms with E-state index in [1.165, 1.54) is 41.8 Å². The number of fused-ring (bicyclic) bond motifs is 1. The van der Waals surface area contributed by atoms with Crippen LogP contribution in [0, 0.1) is 18.8 Å². The number of anilines is 1. The summed E-state index contributed by atoms with van der Waals surface area (Å²) in [5, 5.41) is 0. The molecule has 2 aliphatic rings. The minimum Gasteiger partial charge on any atom is -0.342 e. The third kappa shape index (κ3) is 1.86. The van der Waals surface area contributed by atoms with Crippen LogP contribution in [0.25, 0.3) is 0 Å². The topological polar surface area (TPSA) is 3.24 Å². The quantitative estimate of drug-likeness (QED) is 0.746. The molecule has 1 heterocycles. The van der Waals surface area contributed by atoms with Gasteiger partial charge in [-0.25, -0.2) is 0 Å². The van der Waals surface area contributed by atoms with Crippen molar-refractivity contribution >= 4 is 5.69 Å². The molecule has 1 aromatic rings. The van der Waals surface area contributed by atoms with Gasteiger partial charge in [0.15, 0.2) is 0 Å². The third-order valence-corrected chi connectivity index (χ3v) is 4.43. The summed E-state index contributed by atoms with van der Waals surface area (Å²) in [7, 11) is 0. The van der Waals surface area contributed by atoms with Crippen LogP contribution >= 0.6 is 0 Å². The molecule has 0 amide bonds. The molecule has 0 spiro atoms. The Morgan fingerprint density at radius 1 is 1.33 bits per heavy atom. The zero-order valence-corrected chi connectivity index (χ0v) is 11.7. The summed E-state index contributed by atoms with van der Waals surface area (Å²) in [6, 6.07) is 7.55. The summed E-state index contributed by atoms with van der Waals surface area (Å²) in [4.78, 5) is 2.51. The van der Waals surface area contributed by atoms with Crippen molar-refractivity contribution in [1.82, 2.24) is 0 Å². The summed E-state index contributed by atoms with van der Waals surface area (Å²) >= 11 is 0. The van der Waals surface area contributed by atoms with Crippen LogP contribution in [0.5, 0.6) is 0 Å². The summed E-state index contributed by atoms with van der Waals surface area (Å²) < 4.78 is 0. The second-order valence-electron chi connectivity index (χ2n) is 6.25. The fourth-order valence-corrected chi connectivity index (χ4v) is 3.57. The highest BCUT2D eigenvalue weighted by molar-refractivity contribution is 5.62. The van der Waals surface area contributed by atoms with Crippen molar-refractivity contribution in [3.63, 3.8) is 0 Å². The monoisotopic (exact) mass is 241 g/mol. The van der Waals surface area contributed by atoms with Crippen LogP contribution in [-0.2, 0) is 6.42 Å². The lowest BCUT2D eigenvalue weighted by Gasteiger charge is -2.43. The lowest BCUT2D eigenvalue weighted by atomic mass is 9.83. The fourth-order valence-electron chi connectivity index (χ4n) is 3.57. The van der Waals surface area contributed by atoms with Gasteiger partial charge in [-0.3, -0.25) is 0 Å². The van der Waals surface area contributed by atoms with Crippen molar-refractivity contribution in [2.45, 2.75) is 46.1 Å². The smallest absolute Gasteiger partial charge is 0.0443 e. The fraction of sp³-hybridized carbons (Fsp3) is 0.529. The van der Waals surface area contributed by atoms with Crippen molar-refractivity contribution in [3.8, 4) is 0 Å². The van der Waals surface area contributed by atoms with Gasteiger partial charge < -0.3 is 4.90 Å². The van der Waals surface area contributed by atoms with E-state index in [-0.39, 0.29) is 0 Å². The van der Waals surface area contributed by atoms with Crippen LogP contribution in [0.15, 0.2) is 30.5 Å². The molecule has 0 bridgehead atoms. The second kappa shape index (κ2) is 4.15. The average Bonchev–Trinajstić information content (AvgIpc) is 3.10. The highest BCUT2D eigenvalue weighted by atomic mass is 15.2. The van der Waals surface area contributed by atoms with Gasteiger partial charge in [0.25, 0.3) is 0 Å². The maximum atomic E-state index is 4.22. The molecule has 18 heavy (non-hydrogen) atoms. The Bertz CT molecular complexity index is 484. The SMILES string of the molecule is C=C(C)N1c2ccc(C)cc2CC(C)[C@@H]1C1CC1. The van der Waals surface area contributed by atoms with Gasteiger partial charge in [0.05, 0.1) is 0 Å². The Balaban J connectivity index is 2.07. The highest BCUT2D eigenvalue weighted by Gasteiger charge is 2.42. The van der Waals surface area contributed by atoms with Crippen LogP contribution in [0.1, 0.15) is 37.8 Å². The molecule has 0 N–H and O–H groups in total. The van der Waals surface area contributed by atoms with E-state index in [1.54, 1.807) is 0 Å². The average molecular weight is 241 g/mol. The highest BCUT2D eigenvalue weighted by Crippen LogP contribution is 2.46. The third-order valence-electron chi connectivity index (χ3n) is 4.43. The molecule has 1 unspecified atom stereocenters. The van der Waals surface area contributed by atoms with Gasteiger partial charge in [0.2, 0.25) is 0 Å². The normalized spacial score (nSPS) is 26.9. The first-order chi connectivity index (χ1) is 8.58. The van der Waals surface area contributed by atoms with Gasteiger partial charge in [0.1, 0.15) is 0 Å². The maximum Gasteiger partial charge on any atom is 0.0443 e. The van der Waals surface area contributed by atoms with E-state index in [1.807, 2.05) is 0 Å². The molecular weight excluding hydrogens is 218 g/mol. The van der Waals surface area contributed by atoms with Gasteiger partial charge >= 0.3 is 0 Å². The maximum absolute atomic E-state index is 4.22. The zero-order valence-electron chi connectivity index (χ0n) is 11.7. The number of rotatable bonds is 2. The molecule has 2 atom stereocenters. The summed E-state index contributed by atoms with van der Waals surface area (Å²) in [6.07, 6.45) is 4.03. The Morgan fingerprint density at radius 3 is 2.67 bits per heavy atom. The predicted octanol–water partition coefficient (Wildman–Crippen LogP) is 4.31. The van der Waals surface area contributed by atoms with Gasteiger partial charge in [0, 0.05) is 17.4 Å². The molecule has 1 heteroatoms. The van der Waals surface area contributed by atoms with E-state index in [9.17, 15) is 0 Å². The molecule has 1 aliphatic heterocycles. The van der Waals surface area contributed by atoms with Gasteiger partial charge in [-0.2, -0.15) is 0 Å². The van der Waals surface area contributed by atoms with Crippen LogP contribution < -0.4 is 4.90 Å². The van der Waals surface area contributed by atoms with Crippen molar-refractivity contribution in [2.75, 3.05) is 4.90 Å². The van der Waals surface area contributed by atoms with E-state index in [0.29, 0.717) is 6.04 Å². The lowest BCUT2D eigenvalue weighted by molar-refractivity contribution is 0.383. The predicted molar refractivity (Wildman–Crippen MR) is 77.9 cm³/mol. The summed E-state index contributed by atoms with van der Waals surface area (Å²) in [5.74, 6) is 1.63. The van der Waals surface area contributed by atoms with Crippen molar-refractivity contribution < 1.29 is 0 Å². The minimum absolute atomic E-state index is 0.678. The zero-order chi connectivity index (χ0) is 12.9. The van der Waals surface area contributed by atoms with Crippen molar-refractivity contribution in [2.24, 2.45) is 11.8 Å². The van der Waals surface area contributed by atoms with Crippen molar-refractivity contribution in [3.05, 3.63) is 41.6 Å². The van der Waals surface area contributed by atoms with Crippen LogP contribution in [0.2, 0.25) is 0 Å². The van der Waals surface area contributed by atoms with Crippen LogP contribution in [0.3, 0.4) is 0 Å². The van der Waals surface area contributed by atoms with Gasteiger partial charge in [-0.15, -0.1) is 0 Å². The number of hydrogen-bond donors (Lipinski definition) is 0. The Morgan fingerprint density at radius 2 is 2.06 bits per heavy atom. The number of aryl methyl sites for hydroxylation is 1. The van der Waals surface area contributed by atoms with E-state index in [2.05, 4.69) is 50.4 Å². The molecule has 96 valence electrons. The van der Waals surface area contributed by atoms with Gasteiger partial charge in [-0.1, -0.05) is 31.2 Å². The second-order valence-corrected chi connectivity index (χ2v) is 6.25. The largest absolute Gasteiger partial charge is 0.342 e. The number of allylic oxidation sites excluding steroid dienone is 1. The van der Waals surface area contributed by atoms with Gasteiger partial charge in [-0.05, 0) is 56.6 Å². The standard InChI is InChI=1S/C17H23N/c1-11(2)18-16-8-5-12(3)9-15(16)10-13(4)17(18)14-6-7-14/h5,8-9,13-14,17H,1,6-7,10H2,2-4H3/t13?,17-/m1/s1. The molecule has 0 radical (unpaired) electrons. The minimum atomic E-state index is 0.678. The lowest BCUT2D eigenvalue weighted by Crippen LogP contribution is -2.44. The molecule has 0 saturated heterocycles. The van der Waals surface area contributed by atoms with E-state index in [4.69, 9.17) is 0 Å². The first-order valence-corrected chi connectivity index (χ1v) is 7.12.